The quantitative estimate of drug-likeness (QED) is 0.575. The fraction of sp³-hybridized carbons (Fsp3) is 0.800. The maximum atomic E-state index is 9.50. The van der Waals surface area contributed by atoms with E-state index in [1.165, 1.54) is 6.42 Å². The predicted octanol–water partition coefficient (Wildman–Crippen LogP) is 2.36. The fourth-order valence-electron chi connectivity index (χ4n) is 1.71. The van der Waals surface area contributed by atoms with Crippen LogP contribution in [0, 0.1) is 11.8 Å². The molecule has 0 aromatic rings. The lowest BCUT2D eigenvalue weighted by Gasteiger charge is -2.30. The molecule has 64 valence electrons. The van der Waals surface area contributed by atoms with Gasteiger partial charge in [0.15, 0.2) is 0 Å². The molecule has 0 heterocycles. The van der Waals surface area contributed by atoms with Crippen molar-refractivity contribution in [3.05, 3.63) is 12.2 Å². The highest BCUT2D eigenvalue weighted by atomic mass is 16.3. The smallest absolute Gasteiger partial charge is 0.0750 e. The molecule has 2 atom stereocenters. The lowest BCUT2D eigenvalue weighted by Crippen LogP contribution is -2.24. The molecule has 0 saturated heterocycles. The van der Waals surface area contributed by atoms with Gasteiger partial charge in [0, 0.05) is 0 Å². The lowest BCUT2D eigenvalue weighted by molar-refractivity contribution is 0.130. The van der Waals surface area contributed by atoms with Crippen LogP contribution in [0.1, 0.15) is 33.1 Å². The van der Waals surface area contributed by atoms with Gasteiger partial charge in [-0.15, -0.1) is 0 Å². The molecule has 1 aliphatic rings. The first-order valence-corrected chi connectivity index (χ1v) is 4.47. The van der Waals surface area contributed by atoms with E-state index in [1.807, 2.05) is 0 Å². The normalized spacial score (nSPS) is 32.9. The van der Waals surface area contributed by atoms with E-state index in [2.05, 4.69) is 20.4 Å². The monoisotopic (exact) mass is 154 g/mol. The molecule has 11 heavy (non-hydrogen) atoms. The van der Waals surface area contributed by atoms with Crippen LogP contribution < -0.4 is 0 Å². The van der Waals surface area contributed by atoms with Gasteiger partial charge in [-0.2, -0.15) is 0 Å². The van der Waals surface area contributed by atoms with Crippen LogP contribution in [0.25, 0.3) is 0 Å². The Balaban J connectivity index is 2.46. The van der Waals surface area contributed by atoms with Crippen LogP contribution in [0.3, 0.4) is 0 Å². The SMILES string of the molecule is C=C1CC[C@H](C(C)C)C[C@@H]1O. The summed E-state index contributed by atoms with van der Waals surface area (Å²) >= 11 is 0. The predicted molar refractivity (Wildman–Crippen MR) is 47.3 cm³/mol. The highest BCUT2D eigenvalue weighted by molar-refractivity contribution is 5.05. The van der Waals surface area contributed by atoms with E-state index in [9.17, 15) is 5.11 Å². The highest BCUT2D eigenvalue weighted by Gasteiger charge is 2.24. The standard InChI is InChI=1S/C10H18O/c1-7(2)9-5-4-8(3)10(11)6-9/h7,9-11H,3-6H2,1-2H3/t9-,10-/m0/s1. The molecule has 0 radical (unpaired) electrons. The van der Waals surface area contributed by atoms with Gasteiger partial charge >= 0.3 is 0 Å². The number of aliphatic hydroxyl groups excluding tert-OH is 1. The van der Waals surface area contributed by atoms with Crippen molar-refractivity contribution in [2.75, 3.05) is 0 Å². The molecule has 0 aliphatic heterocycles. The second-order valence-electron chi connectivity index (χ2n) is 3.95. The summed E-state index contributed by atoms with van der Waals surface area (Å²) in [6.07, 6.45) is 2.93. The summed E-state index contributed by atoms with van der Waals surface area (Å²) in [7, 11) is 0. The van der Waals surface area contributed by atoms with Crippen LogP contribution in [-0.2, 0) is 0 Å². The third-order valence-electron chi connectivity index (χ3n) is 2.78. The zero-order valence-corrected chi connectivity index (χ0v) is 7.51. The summed E-state index contributed by atoms with van der Waals surface area (Å²) in [6, 6.07) is 0. The van der Waals surface area contributed by atoms with Gasteiger partial charge in [0.1, 0.15) is 0 Å². The molecule has 0 spiro atoms. The summed E-state index contributed by atoms with van der Waals surface area (Å²) in [5.74, 6) is 1.41. The average molecular weight is 154 g/mol. The van der Waals surface area contributed by atoms with Crippen LogP contribution in [-0.4, -0.2) is 11.2 Å². The van der Waals surface area contributed by atoms with E-state index in [0.29, 0.717) is 11.8 Å². The first-order chi connectivity index (χ1) is 5.11. The van der Waals surface area contributed by atoms with Crippen molar-refractivity contribution in [3.63, 3.8) is 0 Å². The maximum Gasteiger partial charge on any atom is 0.0750 e. The Bertz CT molecular complexity index is 149. The van der Waals surface area contributed by atoms with E-state index in [1.54, 1.807) is 0 Å². The van der Waals surface area contributed by atoms with Gasteiger partial charge < -0.3 is 5.11 Å². The van der Waals surface area contributed by atoms with Crippen molar-refractivity contribution in [2.24, 2.45) is 11.8 Å². The van der Waals surface area contributed by atoms with Crippen LogP contribution >= 0.6 is 0 Å². The summed E-state index contributed by atoms with van der Waals surface area (Å²) in [5.41, 5.74) is 1.03. The van der Waals surface area contributed by atoms with Crippen LogP contribution in [0.4, 0.5) is 0 Å². The minimum absolute atomic E-state index is 0.226. The van der Waals surface area contributed by atoms with E-state index < -0.39 is 0 Å². The summed E-state index contributed by atoms with van der Waals surface area (Å²) in [6.45, 7) is 8.29. The number of rotatable bonds is 1. The molecule has 1 fully saturated rings. The molecule has 0 aromatic carbocycles. The average Bonchev–Trinajstić information content (AvgIpc) is 1.94. The van der Waals surface area contributed by atoms with Gasteiger partial charge in [0.05, 0.1) is 6.10 Å². The van der Waals surface area contributed by atoms with E-state index >= 15 is 0 Å². The van der Waals surface area contributed by atoms with Gasteiger partial charge in [-0.1, -0.05) is 20.4 Å². The van der Waals surface area contributed by atoms with E-state index in [0.717, 1.165) is 18.4 Å². The Morgan fingerprint density at radius 1 is 1.55 bits per heavy atom. The van der Waals surface area contributed by atoms with Gasteiger partial charge in [-0.3, -0.25) is 0 Å². The van der Waals surface area contributed by atoms with Gasteiger partial charge in [0.25, 0.3) is 0 Å². The van der Waals surface area contributed by atoms with E-state index in [4.69, 9.17) is 0 Å². The minimum Gasteiger partial charge on any atom is -0.389 e. The van der Waals surface area contributed by atoms with Gasteiger partial charge in [0.2, 0.25) is 0 Å². The van der Waals surface area contributed by atoms with Crippen molar-refractivity contribution in [1.82, 2.24) is 0 Å². The number of hydrogen-bond acceptors (Lipinski definition) is 1. The maximum absolute atomic E-state index is 9.50. The highest BCUT2D eigenvalue weighted by Crippen LogP contribution is 2.31. The second-order valence-corrected chi connectivity index (χ2v) is 3.95. The Labute approximate surface area is 69.1 Å². The summed E-state index contributed by atoms with van der Waals surface area (Å²) < 4.78 is 0. The molecule has 0 unspecified atom stereocenters. The minimum atomic E-state index is -0.226. The molecule has 1 rings (SSSR count). The molecule has 1 N–H and O–H groups in total. The third kappa shape index (κ3) is 2.06. The molecular formula is C10H18O. The zero-order valence-electron chi connectivity index (χ0n) is 7.51. The second kappa shape index (κ2) is 3.40. The van der Waals surface area contributed by atoms with Gasteiger partial charge in [-0.05, 0) is 36.7 Å². The topological polar surface area (TPSA) is 20.2 Å². The molecule has 0 bridgehead atoms. The Kier molecular flexibility index (Phi) is 2.72. The Morgan fingerprint density at radius 2 is 2.18 bits per heavy atom. The van der Waals surface area contributed by atoms with Crippen molar-refractivity contribution in [1.29, 1.82) is 0 Å². The molecule has 1 saturated carbocycles. The third-order valence-corrected chi connectivity index (χ3v) is 2.78. The largest absolute Gasteiger partial charge is 0.389 e. The number of aliphatic hydroxyl groups is 1. The zero-order chi connectivity index (χ0) is 8.43. The first kappa shape index (κ1) is 8.79. The molecular weight excluding hydrogens is 136 g/mol. The molecule has 0 aromatic heterocycles. The van der Waals surface area contributed by atoms with Crippen molar-refractivity contribution in [3.8, 4) is 0 Å². The summed E-state index contributed by atoms with van der Waals surface area (Å²) in [5, 5.41) is 9.50. The molecule has 1 heteroatoms. The molecule has 1 aliphatic carbocycles. The fourth-order valence-corrected chi connectivity index (χ4v) is 1.71. The Morgan fingerprint density at radius 3 is 2.64 bits per heavy atom. The molecule has 0 amide bonds. The van der Waals surface area contributed by atoms with E-state index in [-0.39, 0.29) is 6.10 Å². The lowest BCUT2D eigenvalue weighted by atomic mass is 9.78. The van der Waals surface area contributed by atoms with Gasteiger partial charge in [-0.25, -0.2) is 0 Å². The molecule has 1 nitrogen and oxygen atoms in total. The summed E-state index contributed by atoms with van der Waals surface area (Å²) in [4.78, 5) is 0. The van der Waals surface area contributed by atoms with Crippen molar-refractivity contribution in [2.45, 2.75) is 39.2 Å². The van der Waals surface area contributed by atoms with Crippen molar-refractivity contribution >= 4 is 0 Å². The van der Waals surface area contributed by atoms with Crippen LogP contribution in [0.15, 0.2) is 12.2 Å². The number of hydrogen-bond donors (Lipinski definition) is 1. The first-order valence-electron chi connectivity index (χ1n) is 4.47. The Hall–Kier alpha value is -0.300. The van der Waals surface area contributed by atoms with Crippen LogP contribution in [0.2, 0.25) is 0 Å². The van der Waals surface area contributed by atoms with Crippen LogP contribution in [0.5, 0.6) is 0 Å². The van der Waals surface area contributed by atoms with Crippen molar-refractivity contribution < 1.29 is 5.11 Å².